The summed E-state index contributed by atoms with van der Waals surface area (Å²) in [6.07, 6.45) is 2.31. The average molecular weight is 288 g/mol. The number of hydrogen-bond acceptors (Lipinski definition) is 2. The van der Waals surface area contributed by atoms with Crippen LogP contribution in [0.5, 0.6) is 0 Å². The van der Waals surface area contributed by atoms with Gasteiger partial charge in [0.25, 0.3) is 0 Å². The highest BCUT2D eigenvalue weighted by molar-refractivity contribution is 9.10. The van der Waals surface area contributed by atoms with Crippen LogP contribution < -0.4 is 0 Å². The number of rotatable bonds is 2. The fourth-order valence-electron chi connectivity index (χ4n) is 1.33. The molecule has 4 heteroatoms. The van der Waals surface area contributed by atoms with E-state index in [1.165, 1.54) is 12.5 Å². The van der Waals surface area contributed by atoms with Gasteiger partial charge in [0.15, 0.2) is 0 Å². The van der Waals surface area contributed by atoms with Crippen molar-refractivity contribution in [1.29, 1.82) is 0 Å². The molecule has 1 N–H and O–H groups in total. The molecular weight excluding hydrogens is 279 g/mol. The molecule has 0 aliphatic carbocycles. The molecule has 1 aromatic heterocycles. The maximum atomic E-state index is 10.0. The van der Waals surface area contributed by atoms with Crippen molar-refractivity contribution in [3.05, 3.63) is 57.4 Å². The number of benzene rings is 1. The van der Waals surface area contributed by atoms with Crippen molar-refractivity contribution in [2.24, 2.45) is 0 Å². The van der Waals surface area contributed by atoms with Crippen LogP contribution in [-0.4, -0.2) is 5.11 Å². The Morgan fingerprint density at radius 3 is 2.80 bits per heavy atom. The molecule has 0 spiro atoms. The summed E-state index contributed by atoms with van der Waals surface area (Å²) >= 11 is 9.23. The lowest BCUT2D eigenvalue weighted by Gasteiger charge is -2.11. The summed E-state index contributed by atoms with van der Waals surface area (Å²) in [5.41, 5.74) is 1.43. The molecule has 1 heterocycles. The molecule has 0 radical (unpaired) electrons. The van der Waals surface area contributed by atoms with Gasteiger partial charge in [-0.15, -0.1) is 0 Å². The van der Waals surface area contributed by atoms with E-state index in [4.69, 9.17) is 16.0 Å². The molecule has 1 unspecified atom stereocenters. The zero-order valence-electron chi connectivity index (χ0n) is 7.65. The Balaban J connectivity index is 2.41. The van der Waals surface area contributed by atoms with Crippen LogP contribution in [-0.2, 0) is 0 Å². The standard InChI is InChI=1S/C11H8BrClO2/c12-10-2-1-8(13)5-9(10)11(14)7-3-4-15-6-7/h1-6,11,14H. The van der Waals surface area contributed by atoms with Gasteiger partial charge in [0.05, 0.1) is 12.5 Å². The minimum absolute atomic E-state index is 0.593. The van der Waals surface area contributed by atoms with Gasteiger partial charge >= 0.3 is 0 Å². The molecule has 0 fully saturated rings. The third-order valence-corrected chi connectivity index (χ3v) is 3.07. The first-order valence-corrected chi connectivity index (χ1v) is 5.50. The molecule has 78 valence electrons. The van der Waals surface area contributed by atoms with E-state index in [9.17, 15) is 5.11 Å². The zero-order chi connectivity index (χ0) is 10.8. The van der Waals surface area contributed by atoms with Gasteiger partial charge in [0, 0.05) is 20.6 Å². The summed E-state index contributed by atoms with van der Waals surface area (Å²) in [4.78, 5) is 0. The molecule has 0 aliphatic heterocycles. The number of hydrogen-bond donors (Lipinski definition) is 1. The lowest BCUT2D eigenvalue weighted by molar-refractivity contribution is 0.218. The van der Waals surface area contributed by atoms with Crippen LogP contribution in [0.1, 0.15) is 17.2 Å². The molecular formula is C11H8BrClO2. The first-order valence-electron chi connectivity index (χ1n) is 4.33. The maximum Gasteiger partial charge on any atom is 0.108 e. The van der Waals surface area contributed by atoms with Crippen LogP contribution >= 0.6 is 27.5 Å². The second kappa shape index (κ2) is 4.39. The predicted octanol–water partition coefficient (Wildman–Crippen LogP) is 3.78. The van der Waals surface area contributed by atoms with Crippen LogP contribution in [0.3, 0.4) is 0 Å². The minimum atomic E-state index is -0.725. The van der Waals surface area contributed by atoms with Crippen molar-refractivity contribution in [2.45, 2.75) is 6.10 Å². The van der Waals surface area contributed by atoms with Gasteiger partial charge in [-0.25, -0.2) is 0 Å². The van der Waals surface area contributed by atoms with E-state index in [0.29, 0.717) is 10.6 Å². The molecule has 15 heavy (non-hydrogen) atoms. The fraction of sp³-hybridized carbons (Fsp3) is 0.0909. The number of halogens is 2. The highest BCUT2D eigenvalue weighted by atomic mass is 79.9. The van der Waals surface area contributed by atoms with Gasteiger partial charge in [0.2, 0.25) is 0 Å². The van der Waals surface area contributed by atoms with E-state index in [1.807, 2.05) is 0 Å². The number of aliphatic hydroxyl groups excluding tert-OH is 1. The van der Waals surface area contributed by atoms with E-state index in [-0.39, 0.29) is 0 Å². The Bertz CT molecular complexity index is 454. The van der Waals surface area contributed by atoms with Gasteiger partial charge in [-0.1, -0.05) is 27.5 Å². The van der Waals surface area contributed by atoms with E-state index in [2.05, 4.69) is 15.9 Å². The highest BCUT2D eigenvalue weighted by Gasteiger charge is 2.14. The summed E-state index contributed by atoms with van der Waals surface area (Å²) in [5.74, 6) is 0. The van der Waals surface area contributed by atoms with Gasteiger partial charge in [0.1, 0.15) is 6.10 Å². The molecule has 1 aromatic carbocycles. The second-order valence-electron chi connectivity index (χ2n) is 3.13. The first-order chi connectivity index (χ1) is 7.18. The van der Waals surface area contributed by atoms with Crippen molar-refractivity contribution in [1.82, 2.24) is 0 Å². The Hall–Kier alpha value is -0.770. The zero-order valence-corrected chi connectivity index (χ0v) is 9.99. The predicted molar refractivity (Wildman–Crippen MR) is 61.9 cm³/mol. The average Bonchev–Trinajstić information content (AvgIpc) is 2.74. The Morgan fingerprint density at radius 2 is 2.13 bits per heavy atom. The summed E-state index contributed by atoms with van der Waals surface area (Å²) in [6.45, 7) is 0. The third kappa shape index (κ3) is 2.25. The minimum Gasteiger partial charge on any atom is -0.472 e. The first kappa shape index (κ1) is 10.7. The van der Waals surface area contributed by atoms with E-state index >= 15 is 0 Å². The molecule has 0 amide bonds. The van der Waals surface area contributed by atoms with Crippen molar-refractivity contribution >= 4 is 27.5 Å². The van der Waals surface area contributed by atoms with Crippen molar-refractivity contribution in [3.8, 4) is 0 Å². The molecule has 0 saturated heterocycles. The number of aliphatic hydroxyl groups is 1. The summed E-state index contributed by atoms with van der Waals surface area (Å²) < 4.78 is 5.74. The number of furan rings is 1. The van der Waals surface area contributed by atoms with Crippen molar-refractivity contribution in [3.63, 3.8) is 0 Å². The lowest BCUT2D eigenvalue weighted by atomic mass is 10.0. The molecule has 2 aromatic rings. The van der Waals surface area contributed by atoms with Crippen LogP contribution in [0, 0.1) is 0 Å². The van der Waals surface area contributed by atoms with Gasteiger partial charge in [-0.05, 0) is 24.3 Å². The molecule has 0 saturated carbocycles. The van der Waals surface area contributed by atoms with Gasteiger partial charge < -0.3 is 9.52 Å². The molecule has 1 atom stereocenters. The second-order valence-corrected chi connectivity index (χ2v) is 4.42. The Morgan fingerprint density at radius 1 is 1.33 bits per heavy atom. The van der Waals surface area contributed by atoms with Crippen molar-refractivity contribution < 1.29 is 9.52 Å². The molecule has 0 bridgehead atoms. The van der Waals surface area contributed by atoms with Gasteiger partial charge in [-0.2, -0.15) is 0 Å². The van der Waals surface area contributed by atoms with E-state index < -0.39 is 6.10 Å². The van der Waals surface area contributed by atoms with Crippen LogP contribution in [0.4, 0.5) is 0 Å². The largest absolute Gasteiger partial charge is 0.472 e. The topological polar surface area (TPSA) is 33.4 Å². The molecule has 2 rings (SSSR count). The Labute approximate surface area is 101 Å². The molecule has 0 aliphatic rings. The van der Waals surface area contributed by atoms with Crippen LogP contribution in [0.15, 0.2) is 45.7 Å². The van der Waals surface area contributed by atoms with Gasteiger partial charge in [-0.3, -0.25) is 0 Å². The highest BCUT2D eigenvalue weighted by Crippen LogP contribution is 2.30. The maximum absolute atomic E-state index is 10.0. The smallest absolute Gasteiger partial charge is 0.108 e. The monoisotopic (exact) mass is 286 g/mol. The summed E-state index contributed by atoms with van der Waals surface area (Å²) in [6, 6.07) is 7.01. The van der Waals surface area contributed by atoms with Crippen LogP contribution in [0.2, 0.25) is 5.02 Å². The fourth-order valence-corrected chi connectivity index (χ4v) is 1.98. The van der Waals surface area contributed by atoms with Crippen LogP contribution in [0.25, 0.3) is 0 Å². The van der Waals surface area contributed by atoms with Crippen molar-refractivity contribution in [2.75, 3.05) is 0 Å². The summed E-state index contributed by atoms with van der Waals surface area (Å²) in [5, 5.41) is 10.6. The normalized spacial score (nSPS) is 12.7. The van der Waals surface area contributed by atoms with E-state index in [0.717, 1.165) is 10.0 Å². The third-order valence-electron chi connectivity index (χ3n) is 2.11. The SMILES string of the molecule is OC(c1ccoc1)c1cc(Cl)ccc1Br. The molecule has 2 nitrogen and oxygen atoms in total. The summed E-state index contributed by atoms with van der Waals surface area (Å²) in [7, 11) is 0. The lowest BCUT2D eigenvalue weighted by Crippen LogP contribution is -1.98. The quantitative estimate of drug-likeness (QED) is 0.912. The Kier molecular flexibility index (Phi) is 3.14. The van der Waals surface area contributed by atoms with E-state index in [1.54, 1.807) is 24.3 Å².